The second-order valence-corrected chi connectivity index (χ2v) is 4.41. The number of rotatable bonds is 10. The first-order chi connectivity index (χ1) is 9.24. The SMILES string of the molecule is COc1ccccc1OCCCCCCCC(=O)O. The van der Waals surface area contributed by atoms with Gasteiger partial charge in [-0.25, -0.2) is 0 Å². The first-order valence-electron chi connectivity index (χ1n) is 6.71. The number of carbonyl (C=O) groups is 1. The smallest absolute Gasteiger partial charge is 0.303 e. The minimum atomic E-state index is -0.709. The standard InChI is InChI=1S/C15H22O4/c1-18-13-9-6-7-10-14(13)19-12-8-4-2-3-5-11-15(16)17/h6-7,9-10H,2-5,8,11-12H2,1H3,(H,16,17). The van der Waals surface area contributed by atoms with Crippen molar-refractivity contribution in [3.8, 4) is 11.5 Å². The fourth-order valence-corrected chi connectivity index (χ4v) is 1.83. The minimum Gasteiger partial charge on any atom is -0.493 e. The van der Waals surface area contributed by atoms with Crippen LogP contribution in [0.1, 0.15) is 38.5 Å². The van der Waals surface area contributed by atoms with Crippen molar-refractivity contribution >= 4 is 5.97 Å². The second kappa shape index (κ2) is 9.25. The fourth-order valence-electron chi connectivity index (χ4n) is 1.83. The van der Waals surface area contributed by atoms with Gasteiger partial charge in [-0.15, -0.1) is 0 Å². The summed E-state index contributed by atoms with van der Waals surface area (Å²) < 4.78 is 10.9. The Balaban J connectivity index is 2.06. The average molecular weight is 266 g/mol. The topological polar surface area (TPSA) is 55.8 Å². The molecule has 4 nitrogen and oxygen atoms in total. The molecular weight excluding hydrogens is 244 g/mol. The lowest BCUT2D eigenvalue weighted by atomic mass is 10.1. The minimum absolute atomic E-state index is 0.276. The van der Waals surface area contributed by atoms with Crippen LogP contribution in [-0.2, 0) is 4.79 Å². The van der Waals surface area contributed by atoms with E-state index in [-0.39, 0.29) is 6.42 Å². The van der Waals surface area contributed by atoms with E-state index >= 15 is 0 Å². The third kappa shape index (κ3) is 6.70. The summed E-state index contributed by atoms with van der Waals surface area (Å²) in [6, 6.07) is 7.60. The summed E-state index contributed by atoms with van der Waals surface area (Å²) in [5.41, 5.74) is 0. The van der Waals surface area contributed by atoms with Gasteiger partial charge in [0.15, 0.2) is 11.5 Å². The number of carboxylic acid groups (broad SMARTS) is 1. The van der Waals surface area contributed by atoms with Gasteiger partial charge in [-0.3, -0.25) is 4.79 Å². The average Bonchev–Trinajstić information content (AvgIpc) is 2.42. The predicted octanol–water partition coefficient (Wildman–Crippen LogP) is 3.50. The van der Waals surface area contributed by atoms with Crippen molar-refractivity contribution < 1.29 is 19.4 Å². The zero-order valence-electron chi connectivity index (χ0n) is 11.4. The van der Waals surface area contributed by atoms with E-state index in [4.69, 9.17) is 14.6 Å². The molecule has 0 heterocycles. The molecule has 106 valence electrons. The molecule has 0 saturated carbocycles. The van der Waals surface area contributed by atoms with Gasteiger partial charge in [0.05, 0.1) is 13.7 Å². The number of benzene rings is 1. The van der Waals surface area contributed by atoms with Crippen LogP contribution in [0.5, 0.6) is 11.5 Å². The van der Waals surface area contributed by atoms with Gasteiger partial charge in [-0.05, 0) is 25.0 Å². The molecule has 4 heteroatoms. The van der Waals surface area contributed by atoms with Gasteiger partial charge in [0.2, 0.25) is 0 Å². The quantitative estimate of drug-likeness (QED) is 0.658. The molecule has 0 aliphatic heterocycles. The van der Waals surface area contributed by atoms with E-state index in [1.165, 1.54) is 0 Å². The lowest BCUT2D eigenvalue weighted by Crippen LogP contribution is -1.99. The van der Waals surface area contributed by atoms with Crippen LogP contribution in [-0.4, -0.2) is 24.8 Å². The Morgan fingerprint density at radius 3 is 2.37 bits per heavy atom. The van der Waals surface area contributed by atoms with E-state index in [9.17, 15) is 4.79 Å². The lowest BCUT2D eigenvalue weighted by molar-refractivity contribution is -0.137. The van der Waals surface area contributed by atoms with Crippen LogP contribution < -0.4 is 9.47 Å². The summed E-state index contributed by atoms with van der Waals surface area (Å²) in [5, 5.41) is 8.50. The maximum Gasteiger partial charge on any atom is 0.303 e. The van der Waals surface area contributed by atoms with E-state index < -0.39 is 5.97 Å². The Morgan fingerprint density at radius 2 is 1.68 bits per heavy atom. The van der Waals surface area contributed by atoms with Crippen LogP contribution in [0.2, 0.25) is 0 Å². The maximum atomic E-state index is 10.3. The molecule has 0 aromatic heterocycles. The van der Waals surface area contributed by atoms with Crippen LogP contribution in [0.15, 0.2) is 24.3 Å². The zero-order valence-corrected chi connectivity index (χ0v) is 11.4. The van der Waals surface area contributed by atoms with E-state index in [0.29, 0.717) is 6.61 Å². The summed E-state index contributed by atoms with van der Waals surface area (Å²) in [4.78, 5) is 10.3. The molecule has 0 aliphatic rings. The zero-order chi connectivity index (χ0) is 13.9. The molecule has 19 heavy (non-hydrogen) atoms. The van der Waals surface area contributed by atoms with Crippen molar-refractivity contribution in [3.05, 3.63) is 24.3 Å². The molecule has 0 aliphatic carbocycles. The van der Waals surface area contributed by atoms with Gasteiger partial charge in [-0.2, -0.15) is 0 Å². The largest absolute Gasteiger partial charge is 0.493 e. The van der Waals surface area contributed by atoms with E-state index in [2.05, 4.69) is 0 Å². The third-order valence-electron chi connectivity index (χ3n) is 2.86. The van der Waals surface area contributed by atoms with E-state index in [1.54, 1.807) is 7.11 Å². The number of hydrogen-bond donors (Lipinski definition) is 1. The van der Waals surface area contributed by atoms with Gasteiger partial charge in [0.1, 0.15) is 0 Å². The second-order valence-electron chi connectivity index (χ2n) is 4.41. The van der Waals surface area contributed by atoms with Crippen molar-refractivity contribution in [3.63, 3.8) is 0 Å². The van der Waals surface area contributed by atoms with Crippen molar-refractivity contribution in [1.29, 1.82) is 0 Å². The van der Waals surface area contributed by atoms with Gasteiger partial charge in [0.25, 0.3) is 0 Å². The van der Waals surface area contributed by atoms with Crippen LogP contribution >= 0.6 is 0 Å². The van der Waals surface area contributed by atoms with Crippen LogP contribution in [0, 0.1) is 0 Å². The summed E-state index contributed by atoms with van der Waals surface area (Å²) in [7, 11) is 1.63. The molecule has 0 atom stereocenters. The summed E-state index contributed by atoms with van der Waals surface area (Å²) in [6.07, 6.45) is 5.11. The molecule has 1 aromatic carbocycles. The number of para-hydroxylation sites is 2. The number of hydrogen-bond acceptors (Lipinski definition) is 3. The Bertz CT molecular complexity index is 376. The molecular formula is C15H22O4. The highest BCUT2D eigenvalue weighted by atomic mass is 16.5. The number of carboxylic acids is 1. The Morgan fingerprint density at radius 1 is 1.05 bits per heavy atom. The number of ether oxygens (including phenoxy) is 2. The van der Waals surface area contributed by atoms with Crippen molar-refractivity contribution in [1.82, 2.24) is 0 Å². The molecule has 1 N–H and O–H groups in total. The van der Waals surface area contributed by atoms with Crippen molar-refractivity contribution in [2.45, 2.75) is 38.5 Å². The Hall–Kier alpha value is -1.71. The van der Waals surface area contributed by atoms with Gasteiger partial charge in [-0.1, -0.05) is 31.4 Å². The molecule has 0 fully saturated rings. The van der Waals surface area contributed by atoms with Crippen molar-refractivity contribution in [2.24, 2.45) is 0 Å². The third-order valence-corrected chi connectivity index (χ3v) is 2.86. The van der Waals surface area contributed by atoms with Gasteiger partial charge >= 0.3 is 5.97 Å². The molecule has 0 bridgehead atoms. The van der Waals surface area contributed by atoms with Crippen LogP contribution in [0.4, 0.5) is 0 Å². The predicted molar refractivity (Wildman–Crippen MR) is 73.8 cm³/mol. The maximum absolute atomic E-state index is 10.3. The number of methoxy groups -OCH3 is 1. The first kappa shape index (κ1) is 15.3. The molecule has 1 aromatic rings. The fraction of sp³-hybridized carbons (Fsp3) is 0.533. The van der Waals surface area contributed by atoms with Crippen LogP contribution in [0.3, 0.4) is 0 Å². The molecule has 0 spiro atoms. The summed E-state index contributed by atoms with van der Waals surface area (Å²) in [6.45, 7) is 0.666. The summed E-state index contributed by atoms with van der Waals surface area (Å²) >= 11 is 0. The monoisotopic (exact) mass is 266 g/mol. The lowest BCUT2D eigenvalue weighted by Gasteiger charge is -2.09. The van der Waals surface area contributed by atoms with Crippen LogP contribution in [0.25, 0.3) is 0 Å². The molecule has 0 radical (unpaired) electrons. The summed E-state index contributed by atoms with van der Waals surface area (Å²) in [5.74, 6) is 0.819. The molecule has 0 saturated heterocycles. The number of aliphatic carboxylic acids is 1. The Kier molecular flexibility index (Phi) is 7.47. The molecule has 0 unspecified atom stereocenters. The molecule has 1 rings (SSSR count). The molecule has 0 amide bonds. The van der Waals surface area contributed by atoms with E-state index in [0.717, 1.165) is 43.6 Å². The van der Waals surface area contributed by atoms with Gasteiger partial charge < -0.3 is 14.6 Å². The Labute approximate surface area is 114 Å². The van der Waals surface area contributed by atoms with Gasteiger partial charge in [0, 0.05) is 6.42 Å². The highest BCUT2D eigenvalue weighted by molar-refractivity contribution is 5.66. The highest BCUT2D eigenvalue weighted by Gasteiger charge is 2.01. The first-order valence-corrected chi connectivity index (χ1v) is 6.71. The highest BCUT2D eigenvalue weighted by Crippen LogP contribution is 2.25. The van der Waals surface area contributed by atoms with Crippen molar-refractivity contribution in [2.75, 3.05) is 13.7 Å². The van der Waals surface area contributed by atoms with E-state index in [1.807, 2.05) is 24.3 Å². The normalized spacial score (nSPS) is 10.2. The number of unbranched alkanes of at least 4 members (excludes halogenated alkanes) is 4.